The van der Waals surface area contributed by atoms with Crippen LogP contribution in [0.15, 0.2) is 47.5 Å². The van der Waals surface area contributed by atoms with E-state index in [-0.39, 0.29) is 18.8 Å². The lowest BCUT2D eigenvalue weighted by atomic mass is 10.0. The zero-order chi connectivity index (χ0) is 19.1. The van der Waals surface area contributed by atoms with Crippen molar-refractivity contribution in [1.29, 1.82) is 0 Å². The van der Waals surface area contributed by atoms with Gasteiger partial charge in [-0.1, -0.05) is 41.4 Å². The number of nitrogens with two attached hydrogens (primary N) is 2. The van der Waals surface area contributed by atoms with Crippen molar-refractivity contribution < 1.29 is 4.79 Å². The predicted octanol–water partition coefficient (Wildman–Crippen LogP) is 3.09. The van der Waals surface area contributed by atoms with Crippen molar-refractivity contribution >= 4 is 34.8 Å². The van der Waals surface area contributed by atoms with Gasteiger partial charge in [0.1, 0.15) is 5.82 Å². The van der Waals surface area contributed by atoms with Gasteiger partial charge in [0.05, 0.1) is 30.2 Å². The van der Waals surface area contributed by atoms with Crippen LogP contribution in [0.3, 0.4) is 0 Å². The highest BCUT2D eigenvalue weighted by atomic mass is 35.5. The van der Waals surface area contributed by atoms with Gasteiger partial charge >= 0.3 is 0 Å². The number of aromatic nitrogens is 2. The third-order valence-electron chi connectivity index (χ3n) is 4.43. The second kappa shape index (κ2) is 6.81. The molecule has 2 aromatic carbocycles. The first kappa shape index (κ1) is 17.7. The first-order valence-electron chi connectivity index (χ1n) is 8.21. The topological polar surface area (TPSA) is 99.3 Å². The highest BCUT2D eigenvalue weighted by Crippen LogP contribution is 2.32. The largest absolute Gasteiger partial charge is 0.364 e. The molecule has 0 spiro atoms. The van der Waals surface area contributed by atoms with Crippen LogP contribution in [0.1, 0.15) is 33.1 Å². The minimum absolute atomic E-state index is 0.143. The molecule has 4 rings (SSSR count). The van der Waals surface area contributed by atoms with Crippen molar-refractivity contribution in [2.24, 2.45) is 16.5 Å². The Morgan fingerprint density at radius 1 is 1.15 bits per heavy atom. The minimum atomic E-state index is -0.620. The van der Waals surface area contributed by atoms with Crippen LogP contribution in [0.25, 0.3) is 5.69 Å². The number of primary amides is 1. The van der Waals surface area contributed by atoms with E-state index in [0.29, 0.717) is 27.3 Å². The van der Waals surface area contributed by atoms with Crippen LogP contribution in [0.5, 0.6) is 0 Å². The third kappa shape index (κ3) is 2.92. The number of hydrogen-bond acceptors (Lipinski definition) is 4. The van der Waals surface area contributed by atoms with E-state index >= 15 is 0 Å². The van der Waals surface area contributed by atoms with Crippen molar-refractivity contribution in [2.45, 2.75) is 13.1 Å². The van der Waals surface area contributed by atoms with Gasteiger partial charge in [0, 0.05) is 21.2 Å². The molecule has 0 atom stereocenters. The summed E-state index contributed by atoms with van der Waals surface area (Å²) in [5.41, 5.74) is 15.2. The maximum absolute atomic E-state index is 11.9. The highest BCUT2D eigenvalue weighted by molar-refractivity contribution is 6.36. The summed E-state index contributed by atoms with van der Waals surface area (Å²) < 4.78 is 1.83. The van der Waals surface area contributed by atoms with Crippen molar-refractivity contribution in [3.8, 4) is 5.69 Å². The second-order valence-electron chi connectivity index (χ2n) is 6.03. The number of carbonyl (C=O) groups excluding carboxylic acids is 1. The molecule has 3 aromatic rings. The summed E-state index contributed by atoms with van der Waals surface area (Å²) in [5.74, 6) is -0.0941. The number of carbonyl (C=O) groups is 1. The molecule has 1 aliphatic rings. The Morgan fingerprint density at radius 3 is 2.63 bits per heavy atom. The number of hydrogen-bond donors (Lipinski definition) is 2. The standard InChI is InChI=1S/C19H15Cl2N5O/c20-10-5-6-14-12(7-10)17(11-3-1-2-4-13(11)21)24-9-15-18(19(23)27)25-16(8-22)26(14)15/h1-7H,8-9,22H2,(H2,23,27). The molecule has 6 nitrogen and oxygen atoms in total. The molecular formula is C19H15Cl2N5O. The molecule has 0 saturated carbocycles. The van der Waals surface area contributed by atoms with E-state index in [1.807, 2.05) is 34.9 Å². The van der Waals surface area contributed by atoms with Crippen LogP contribution < -0.4 is 11.5 Å². The minimum Gasteiger partial charge on any atom is -0.364 e. The maximum Gasteiger partial charge on any atom is 0.269 e. The zero-order valence-electron chi connectivity index (χ0n) is 14.1. The number of rotatable bonds is 3. The normalized spacial score (nSPS) is 12.8. The summed E-state index contributed by atoms with van der Waals surface area (Å²) in [6, 6.07) is 12.9. The summed E-state index contributed by atoms with van der Waals surface area (Å²) in [6.45, 7) is 0.349. The lowest BCUT2D eigenvalue weighted by Gasteiger charge is -2.14. The van der Waals surface area contributed by atoms with Gasteiger partial charge in [-0.25, -0.2) is 4.98 Å². The lowest BCUT2D eigenvalue weighted by Crippen LogP contribution is -2.14. The number of halogens is 2. The molecule has 1 amide bonds. The summed E-state index contributed by atoms with van der Waals surface area (Å²) in [7, 11) is 0. The van der Waals surface area contributed by atoms with Gasteiger partial charge in [-0.2, -0.15) is 0 Å². The number of nitrogens with zero attached hydrogens (tertiary/aromatic N) is 3. The number of benzene rings is 2. The molecule has 0 aliphatic carbocycles. The smallest absolute Gasteiger partial charge is 0.269 e. The van der Waals surface area contributed by atoms with Gasteiger partial charge < -0.3 is 11.5 Å². The Hall–Kier alpha value is -2.67. The third-order valence-corrected chi connectivity index (χ3v) is 4.99. The molecule has 2 heterocycles. The van der Waals surface area contributed by atoms with Gasteiger partial charge in [0.2, 0.25) is 0 Å². The van der Waals surface area contributed by atoms with E-state index in [1.54, 1.807) is 12.1 Å². The first-order valence-corrected chi connectivity index (χ1v) is 8.97. The fourth-order valence-electron chi connectivity index (χ4n) is 3.29. The Morgan fingerprint density at radius 2 is 1.93 bits per heavy atom. The number of amides is 1. The Balaban J connectivity index is 2.05. The van der Waals surface area contributed by atoms with Crippen LogP contribution in [-0.2, 0) is 13.1 Å². The van der Waals surface area contributed by atoms with Gasteiger partial charge in [0.15, 0.2) is 5.69 Å². The summed E-state index contributed by atoms with van der Waals surface area (Å²) in [6.07, 6.45) is 0. The van der Waals surface area contributed by atoms with E-state index in [4.69, 9.17) is 39.7 Å². The van der Waals surface area contributed by atoms with Crippen molar-refractivity contribution in [3.05, 3.63) is 80.8 Å². The van der Waals surface area contributed by atoms with E-state index in [9.17, 15) is 4.79 Å². The molecule has 0 bridgehead atoms. The number of fused-ring (bicyclic) bond motifs is 3. The molecule has 8 heteroatoms. The van der Waals surface area contributed by atoms with E-state index < -0.39 is 5.91 Å². The van der Waals surface area contributed by atoms with Gasteiger partial charge in [0.25, 0.3) is 5.91 Å². The fourth-order valence-corrected chi connectivity index (χ4v) is 3.68. The van der Waals surface area contributed by atoms with Crippen molar-refractivity contribution in [2.75, 3.05) is 0 Å². The average Bonchev–Trinajstić information content (AvgIpc) is 2.94. The fraction of sp³-hybridized carbons (Fsp3) is 0.105. The molecule has 0 fully saturated rings. The molecule has 1 aliphatic heterocycles. The molecule has 1 aromatic heterocycles. The molecule has 27 heavy (non-hydrogen) atoms. The number of imidazole rings is 1. The molecule has 0 radical (unpaired) electrons. The molecule has 4 N–H and O–H groups in total. The van der Waals surface area contributed by atoms with Crippen LogP contribution in [0, 0.1) is 0 Å². The van der Waals surface area contributed by atoms with Gasteiger partial charge in [-0.05, 0) is 24.3 Å². The summed E-state index contributed by atoms with van der Waals surface area (Å²) >= 11 is 12.7. The maximum atomic E-state index is 11.9. The number of aliphatic imine (C=N–C) groups is 1. The van der Waals surface area contributed by atoms with Crippen LogP contribution in [-0.4, -0.2) is 21.2 Å². The molecule has 0 saturated heterocycles. The first-order chi connectivity index (χ1) is 13.0. The van der Waals surface area contributed by atoms with E-state index in [2.05, 4.69) is 4.98 Å². The van der Waals surface area contributed by atoms with Crippen LogP contribution in [0.4, 0.5) is 0 Å². The Bertz CT molecular complexity index is 1100. The van der Waals surface area contributed by atoms with E-state index in [0.717, 1.165) is 16.8 Å². The molecular weight excluding hydrogens is 385 g/mol. The summed E-state index contributed by atoms with van der Waals surface area (Å²) in [5, 5.41) is 1.13. The Kier molecular flexibility index (Phi) is 4.47. The van der Waals surface area contributed by atoms with Crippen molar-refractivity contribution in [3.63, 3.8) is 0 Å². The van der Waals surface area contributed by atoms with Crippen molar-refractivity contribution in [1.82, 2.24) is 9.55 Å². The van der Waals surface area contributed by atoms with Crippen LogP contribution in [0.2, 0.25) is 10.0 Å². The Labute approximate surface area is 165 Å². The summed E-state index contributed by atoms with van der Waals surface area (Å²) in [4.78, 5) is 21.0. The lowest BCUT2D eigenvalue weighted by molar-refractivity contribution is 0.0995. The predicted molar refractivity (Wildman–Crippen MR) is 106 cm³/mol. The van der Waals surface area contributed by atoms with Gasteiger partial charge in [-0.3, -0.25) is 14.4 Å². The molecule has 136 valence electrons. The van der Waals surface area contributed by atoms with Gasteiger partial charge in [-0.15, -0.1) is 0 Å². The monoisotopic (exact) mass is 399 g/mol. The molecule has 0 unspecified atom stereocenters. The average molecular weight is 400 g/mol. The van der Waals surface area contributed by atoms with E-state index in [1.165, 1.54) is 0 Å². The second-order valence-corrected chi connectivity index (χ2v) is 6.88. The zero-order valence-corrected chi connectivity index (χ0v) is 15.6. The quantitative estimate of drug-likeness (QED) is 0.707. The SMILES string of the molecule is NCc1nc(C(N)=O)c2n1-c1ccc(Cl)cc1C(c1ccccc1Cl)=NC2. The van der Waals surface area contributed by atoms with Crippen LogP contribution >= 0.6 is 23.2 Å². The highest BCUT2D eigenvalue weighted by Gasteiger charge is 2.27.